The molecule has 1 N–H and O–H groups in total. The molecule has 1 unspecified atom stereocenters. The van der Waals surface area contributed by atoms with Gasteiger partial charge in [0.2, 0.25) is 0 Å². The van der Waals surface area contributed by atoms with Crippen molar-refractivity contribution in [3.63, 3.8) is 0 Å². The quantitative estimate of drug-likeness (QED) is 0.856. The molecule has 3 rings (SSSR count). The van der Waals surface area contributed by atoms with Gasteiger partial charge in [0, 0.05) is 25.1 Å². The van der Waals surface area contributed by atoms with Gasteiger partial charge in [-0.05, 0) is 43.4 Å². The van der Waals surface area contributed by atoms with Crippen molar-refractivity contribution >= 4 is 0 Å². The summed E-state index contributed by atoms with van der Waals surface area (Å²) in [6.07, 6.45) is 5.34. The maximum absolute atomic E-state index is 13.0. The largest absolute Gasteiger partial charge is 0.373 e. The van der Waals surface area contributed by atoms with Crippen molar-refractivity contribution in [2.45, 2.75) is 44.8 Å². The summed E-state index contributed by atoms with van der Waals surface area (Å²) < 4.78 is 18.9. The van der Waals surface area contributed by atoms with E-state index in [4.69, 9.17) is 4.74 Å². The second-order valence-corrected chi connectivity index (χ2v) is 6.38. The zero-order valence-corrected chi connectivity index (χ0v) is 12.1. The molecule has 1 aromatic rings. The number of ether oxygens (including phenoxy) is 1. The Hall–Kier alpha value is -0.930. The van der Waals surface area contributed by atoms with Gasteiger partial charge in [0.15, 0.2) is 0 Å². The van der Waals surface area contributed by atoms with E-state index in [1.54, 1.807) is 0 Å². The van der Waals surface area contributed by atoms with Crippen LogP contribution in [-0.4, -0.2) is 19.2 Å². The molecule has 2 fully saturated rings. The zero-order chi connectivity index (χ0) is 13.9. The molecule has 3 atom stereocenters. The van der Waals surface area contributed by atoms with E-state index in [-0.39, 0.29) is 11.9 Å². The highest BCUT2D eigenvalue weighted by Gasteiger charge is 2.30. The van der Waals surface area contributed by atoms with Gasteiger partial charge in [0.1, 0.15) is 5.82 Å². The molecule has 0 amide bonds. The van der Waals surface area contributed by atoms with Gasteiger partial charge in [-0.2, -0.15) is 0 Å². The maximum Gasteiger partial charge on any atom is 0.123 e. The molecule has 0 aromatic heterocycles. The molecular formula is C17H24FNO. The molecule has 0 radical (unpaired) electrons. The summed E-state index contributed by atoms with van der Waals surface area (Å²) in [4.78, 5) is 0. The van der Waals surface area contributed by atoms with Crippen LogP contribution in [0.2, 0.25) is 0 Å². The van der Waals surface area contributed by atoms with Crippen LogP contribution in [0.3, 0.4) is 0 Å². The summed E-state index contributed by atoms with van der Waals surface area (Å²) in [5.41, 5.74) is 1.10. The van der Waals surface area contributed by atoms with Crippen LogP contribution in [0, 0.1) is 17.7 Å². The van der Waals surface area contributed by atoms with Gasteiger partial charge in [-0.3, -0.25) is 0 Å². The Labute approximate surface area is 120 Å². The van der Waals surface area contributed by atoms with Crippen molar-refractivity contribution in [1.29, 1.82) is 0 Å². The van der Waals surface area contributed by atoms with Crippen molar-refractivity contribution in [1.82, 2.24) is 5.32 Å². The van der Waals surface area contributed by atoms with Crippen LogP contribution in [0.15, 0.2) is 24.3 Å². The number of halogens is 1. The Balaban J connectivity index is 1.53. The van der Waals surface area contributed by atoms with Crippen molar-refractivity contribution in [3.8, 4) is 0 Å². The molecule has 0 spiro atoms. The average molecular weight is 277 g/mol. The molecule has 1 saturated heterocycles. The monoisotopic (exact) mass is 277 g/mol. The standard InChI is InChI=1S/C17H24FNO/c1-12(10-13-2-3-13)19-11-15-8-9-20-17(15)14-4-6-16(18)7-5-14/h4-7,12-13,15,17,19H,2-3,8-11H2,1H3/t12?,15-,17-/m0/s1. The Morgan fingerprint density at radius 3 is 2.70 bits per heavy atom. The molecule has 3 heteroatoms. The minimum Gasteiger partial charge on any atom is -0.373 e. The van der Waals surface area contributed by atoms with Gasteiger partial charge in [0.05, 0.1) is 6.10 Å². The van der Waals surface area contributed by atoms with Gasteiger partial charge >= 0.3 is 0 Å². The summed E-state index contributed by atoms with van der Waals surface area (Å²) in [6.45, 7) is 4.09. The summed E-state index contributed by atoms with van der Waals surface area (Å²) in [5, 5.41) is 3.65. The van der Waals surface area contributed by atoms with Crippen molar-refractivity contribution < 1.29 is 9.13 Å². The highest BCUT2D eigenvalue weighted by atomic mass is 19.1. The number of benzene rings is 1. The minimum atomic E-state index is -0.181. The highest BCUT2D eigenvalue weighted by molar-refractivity contribution is 5.20. The van der Waals surface area contributed by atoms with Gasteiger partial charge in [-0.1, -0.05) is 25.0 Å². The van der Waals surface area contributed by atoms with E-state index in [1.807, 2.05) is 12.1 Å². The number of rotatable bonds is 6. The minimum absolute atomic E-state index is 0.122. The number of nitrogens with one attached hydrogen (secondary N) is 1. The van der Waals surface area contributed by atoms with Crippen molar-refractivity contribution in [2.75, 3.05) is 13.2 Å². The van der Waals surface area contributed by atoms with E-state index < -0.39 is 0 Å². The molecule has 2 nitrogen and oxygen atoms in total. The highest BCUT2D eigenvalue weighted by Crippen LogP contribution is 2.35. The first-order chi connectivity index (χ1) is 9.72. The van der Waals surface area contributed by atoms with Crippen LogP contribution in [0.1, 0.15) is 44.3 Å². The van der Waals surface area contributed by atoms with E-state index in [0.29, 0.717) is 12.0 Å². The Morgan fingerprint density at radius 2 is 2.00 bits per heavy atom. The van der Waals surface area contributed by atoms with Crippen LogP contribution < -0.4 is 5.32 Å². The lowest BCUT2D eigenvalue weighted by Crippen LogP contribution is -2.32. The van der Waals surface area contributed by atoms with Gasteiger partial charge in [-0.15, -0.1) is 0 Å². The molecule has 1 aliphatic carbocycles. The Bertz CT molecular complexity index is 429. The lowest BCUT2D eigenvalue weighted by Gasteiger charge is -2.22. The lowest BCUT2D eigenvalue weighted by atomic mass is 9.95. The summed E-state index contributed by atoms with van der Waals surface area (Å²) in [6, 6.07) is 7.35. The topological polar surface area (TPSA) is 21.3 Å². The molecule has 0 bridgehead atoms. The molecule has 2 aliphatic rings. The average Bonchev–Trinajstić information content (AvgIpc) is 3.13. The van der Waals surface area contributed by atoms with Crippen LogP contribution in [-0.2, 0) is 4.74 Å². The molecule has 1 aliphatic heterocycles. The summed E-state index contributed by atoms with van der Waals surface area (Å²) in [7, 11) is 0. The van der Waals surface area contributed by atoms with Gasteiger partial charge in [0.25, 0.3) is 0 Å². The number of hydrogen-bond acceptors (Lipinski definition) is 2. The lowest BCUT2D eigenvalue weighted by molar-refractivity contribution is 0.0897. The molecule has 1 saturated carbocycles. The van der Waals surface area contributed by atoms with E-state index in [0.717, 1.165) is 31.1 Å². The first-order valence-corrected chi connectivity index (χ1v) is 7.83. The predicted molar refractivity (Wildman–Crippen MR) is 78.0 cm³/mol. The molecule has 1 aromatic carbocycles. The molecule has 110 valence electrons. The smallest absolute Gasteiger partial charge is 0.123 e. The summed E-state index contributed by atoms with van der Waals surface area (Å²) in [5.74, 6) is 1.28. The summed E-state index contributed by atoms with van der Waals surface area (Å²) >= 11 is 0. The van der Waals surface area contributed by atoms with E-state index in [9.17, 15) is 4.39 Å². The van der Waals surface area contributed by atoms with E-state index in [1.165, 1.54) is 31.4 Å². The van der Waals surface area contributed by atoms with E-state index in [2.05, 4.69) is 12.2 Å². The zero-order valence-electron chi connectivity index (χ0n) is 12.1. The van der Waals surface area contributed by atoms with Crippen LogP contribution in [0.4, 0.5) is 4.39 Å². The molecule has 20 heavy (non-hydrogen) atoms. The fraction of sp³-hybridized carbons (Fsp3) is 0.647. The fourth-order valence-corrected chi connectivity index (χ4v) is 3.15. The normalized spacial score (nSPS) is 27.7. The third kappa shape index (κ3) is 3.58. The third-order valence-corrected chi connectivity index (χ3v) is 4.53. The van der Waals surface area contributed by atoms with Gasteiger partial charge < -0.3 is 10.1 Å². The SMILES string of the molecule is CC(CC1CC1)NC[C@@H]1CCO[C@H]1c1ccc(F)cc1. The van der Waals surface area contributed by atoms with Crippen LogP contribution >= 0.6 is 0 Å². The van der Waals surface area contributed by atoms with E-state index >= 15 is 0 Å². The van der Waals surface area contributed by atoms with Gasteiger partial charge in [-0.25, -0.2) is 4.39 Å². The fourth-order valence-electron chi connectivity index (χ4n) is 3.15. The second kappa shape index (κ2) is 6.23. The van der Waals surface area contributed by atoms with Crippen molar-refractivity contribution in [2.24, 2.45) is 11.8 Å². The Morgan fingerprint density at radius 1 is 1.25 bits per heavy atom. The number of hydrogen-bond donors (Lipinski definition) is 1. The Kier molecular flexibility index (Phi) is 4.37. The first-order valence-electron chi connectivity index (χ1n) is 7.83. The van der Waals surface area contributed by atoms with Crippen LogP contribution in [0.25, 0.3) is 0 Å². The molecular weight excluding hydrogens is 253 g/mol. The second-order valence-electron chi connectivity index (χ2n) is 6.38. The third-order valence-electron chi connectivity index (χ3n) is 4.53. The first kappa shape index (κ1) is 14.0. The van der Waals surface area contributed by atoms with Crippen LogP contribution in [0.5, 0.6) is 0 Å². The molecule has 1 heterocycles. The predicted octanol–water partition coefficient (Wildman–Crippen LogP) is 3.68. The maximum atomic E-state index is 13.0. The van der Waals surface area contributed by atoms with Crippen molar-refractivity contribution in [3.05, 3.63) is 35.6 Å².